The van der Waals surface area contributed by atoms with Gasteiger partial charge in [-0.25, -0.2) is 0 Å². The van der Waals surface area contributed by atoms with Crippen molar-refractivity contribution in [3.05, 3.63) is 0 Å². The first-order valence-corrected chi connectivity index (χ1v) is 5.25. The summed E-state index contributed by atoms with van der Waals surface area (Å²) in [6, 6.07) is 0. The van der Waals surface area contributed by atoms with E-state index in [1.54, 1.807) is 0 Å². The number of hydrogen-bond donors (Lipinski definition) is 0. The topological polar surface area (TPSA) is 30.8 Å². The van der Waals surface area contributed by atoms with Gasteiger partial charge in [-0.1, -0.05) is 18.5 Å². The second kappa shape index (κ2) is 6.82. The monoisotopic (exact) mass is 201 g/mol. The lowest BCUT2D eigenvalue weighted by Gasteiger charge is -2.16. The van der Waals surface area contributed by atoms with Crippen LogP contribution < -0.4 is 0 Å². The molecule has 0 atom stereocenters. The first-order chi connectivity index (χ1) is 6.45. The van der Waals surface area contributed by atoms with Crippen LogP contribution in [0, 0.1) is 0 Å². The van der Waals surface area contributed by atoms with E-state index in [0.29, 0.717) is 6.61 Å². The van der Waals surface area contributed by atoms with E-state index >= 15 is 0 Å². The van der Waals surface area contributed by atoms with Crippen LogP contribution in [0.4, 0.5) is 0 Å². The quantitative estimate of drug-likeness (QED) is 0.376. The normalized spacial score (nSPS) is 13.1. The number of rotatable bonds is 6. The zero-order chi connectivity index (χ0) is 11.0. The molecule has 0 fully saturated rings. The molecule has 0 amide bonds. The summed E-state index contributed by atoms with van der Waals surface area (Å²) in [7, 11) is 0. The van der Waals surface area contributed by atoms with Gasteiger partial charge in [-0.2, -0.15) is 0 Å². The molecule has 0 radical (unpaired) electrons. The maximum absolute atomic E-state index is 5.39. The Balaban J connectivity index is 3.57. The van der Waals surface area contributed by atoms with E-state index < -0.39 is 0 Å². The number of oxime groups is 1. The highest BCUT2D eigenvalue weighted by Gasteiger charge is 2.09. The van der Waals surface area contributed by atoms with Crippen LogP contribution in [0.1, 0.15) is 47.5 Å². The molecule has 0 aliphatic carbocycles. The molecule has 0 aromatic carbocycles. The lowest BCUT2D eigenvalue weighted by molar-refractivity contribution is -0.000640. The molecule has 0 spiro atoms. The highest BCUT2D eigenvalue weighted by atomic mass is 16.6. The second-order valence-corrected chi connectivity index (χ2v) is 4.44. The molecule has 0 rings (SSSR count). The van der Waals surface area contributed by atoms with Crippen LogP contribution in [0.5, 0.6) is 0 Å². The van der Waals surface area contributed by atoms with E-state index in [1.807, 2.05) is 27.7 Å². The number of hydrogen-bond acceptors (Lipinski definition) is 3. The predicted octanol–water partition coefficient (Wildman–Crippen LogP) is 2.99. The Morgan fingerprint density at radius 1 is 1.29 bits per heavy atom. The molecule has 84 valence electrons. The molecule has 0 aromatic rings. The Labute approximate surface area is 87.5 Å². The van der Waals surface area contributed by atoms with Crippen molar-refractivity contribution in [3.8, 4) is 0 Å². The lowest BCUT2D eigenvalue weighted by Crippen LogP contribution is -2.17. The number of nitrogens with zero attached hydrogens (tertiary/aromatic N) is 1. The zero-order valence-electron chi connectivity index (χ0n) is 10.1. The van der Waals surface area contributed by atoms with E-state index in [-0.39, 0.29) is 5.60 Å². The van der Waals surface area contributed by atoms with Crippen LogP contribution in [0.2, 0.25) is 0 Å². The SMILES string of the molecule is CCCCOCC(C)=NOC(C)(C)C. The minimum Gasteiger partial charge on any atom is -0.390 e. The molecule has 14 heavy (non-hydrogen) atoms. The second-order valence-electron chi connectivity index (χ2n) is 4.44. The van der Waals surface area contributed by atoms with Gasteiger partial charge in [-0.05, 0) is 34.1 Å². The Bertz CT molecular complexity index is 171. The van der Waals surface area contributed by atoms with Crippen molar-refractivity contribution in [1.82, 2.24) is 0 Å². The summed E-state index contributed by atoms with van der Waals surface area (Å²) in [5, 5.41) is 3.98. The van der Waals surface area contributed by atoms with Crippen LogP contribution in [-0.4, -0.2) is 24.5 Å². The molecule has 0 aliphatic heterocycles. The molecule has 3 nitrogen and oxygen atoms in total. The van der Waals surface area contributed by atoms with Crippen molar-refractivity contribution in [2.45, 2.75) is 53.1 Å². The summed E-state index contributed by atoms with van der Waals surface area (Å²) < 4.78 is 5.39. The molecule has 0 aliphatic rings. The molecule has 0 bridgehead atoms. The number of ether oxygens (including phenoxy) is 1. The van der Waals surface area contributed by atoms with Crippen molar-refractivity contribution in [2.75, 3.05) is 13.2 Å². The maximum atomic E-state index is 5.39. The maximum Gasteiger partial charge on any atom is 0.129 e. The average Bonchev–Trinajstić information content (AvgIpc) is 2.08. The molecule has 0 saturated carbocycles. The van der Waals surface area contributed by atoms with Crippen molar-refractivity contribution in [1.29, 1.82) is 0 Å². The van der Waals surface area contributed by atoms with E-state index in [0.717, 1.165) is 25.2 Å². The molecule has 0 unspecified atom stereocenters. The van der Waals surface area contributed by atoms with Crippen LogP contribution >= 0.6 is 0 Å². The van der Waals surface area contributed by atoms with Gasteiger partial charge < -0.3 is 9.57 Å². The summed E-state index contributed by atoms with van der Waals surface area (Å²) in [6.45, 7) is 11.4. The standard InChI is InChI=1S/C11H23NO2/c1-6-7-8-13-9-10(2)12-14-11(3,4)5/h6-9H2,1-5H3. The third-order valence-electron chi connectivity index (χ3n) is 1.43. The van der Waals surface area contributed by atoms with E-state index in [4.69, 9.17) is 9.57 Å². The molecule has 0 saturated heterocycles. The highest BCUT2D eigenvalue weighted by molar-refractivity contribution is 5.82. The minimum atomic E-state index is -0.218. The fourth-order valence-electron chi connectivity index (χ4n) is 0.707. The summed E-state index contributed by atoms with van der Waals surface area (Å²) in [5.41, 5.74) is 0.668. The molecular formula is C11H23NO2. The van der Waals surface area contributed by atoms with Gasteiger partial charge in [0.25, 0.3) is 0 Å². The molecule has 0 N–H and O–H groups in total. The van der Waals surface area contributed by atoms with Crippen molar-refractivity contribution in [2.24, 2.45) is 5.16 Å². The van der Waals surface area contributed by atoms with Gasteiger partial charge in [-0.3, -0.25) is 0 Å². The van der Waals surface area contributed by atoms with Crippen LogP contribution in [0.3, 0.4) is 0 Å². The third kappa shape index (κ3) is 9.52. The number of unbranched alkanes of at least 4 members (excludes halogenated alkanes) is 1. The molecular weight excluding hydrogens is 178 g/mol. The van der Waals surface area contributed by atoms with Gasteiger partial charge in [0.1, 0.15) is 5.60 Å². The van der Waals surface area contributed by atoms with Gasteiger partial charge in [0.15, 0.2) is 0 Å². The third-order valence-corrected chi connectivity index (χ3v) is 1.43. The van der Waals surface area contributed by atoms with Crippen LogP contribution in [-0.2, 0) is 9.57 Å². The largest absolute Gasteiger partial charge is 0.390 e. The van der Waals surface area contributed by atoms with Gasteiger partial charge >= 0.3 is 0 Å². The molecule has 0 aromatic heterocycles. The summed E-state index contributed by atoms with van der Waals surface area (Å²) in [4.78, 5) is 5.26. The van der Waals surface area contributed by atoms with Gasteiger partial charge in [-0.15, -0.1) is 0 Å². The summed E-state index contributed by atoms with van der Waals surface area (Å²) in [5.74, 6) is 0. The van der Waals surface area contributed by atoms with Crippen molar-refractivity contribution < 1.29 is 9.57 Å². The average molecular weight is 201 g/mol. The molecule has 0 heterocycles. The fourth-order valence-corrected chi connectivity index (χ4v) is 0.707. The van der Waals surface area contributed by atoms with Gasteiger partial charge in [0, 0.05) is 6.61 Å². The lowest BCUT2D eigenvalue weighted by atomic mass is 10.2. The van der Waals surface area contributed by atoms with E-state index in [2.05, 4.69) is 12.1 Å². The van der Waals surface area contributed by atoms with Crippen LogP contribution in [0.25, 0.3) is 0 Å². The molecule has 3 heteroatoms. The zero-order valence-corrected chi connectivity index (χ0v) is 10.1. The van der Waals surface area contributed by atoms with Gasteiger partial charge in [0.05, 0.1) is 12.3 Å². The van der Waals surface area contributed by atoms with Gasteiger partial charge in [0.2, 0.25) is 0 Å². The van der Waals surface area contributed by atoms with E-state index in [1.165, 1.54) is 0 Å². The predicted molar refractivity (Wildman–Crippen MR) is 59.7 cm³/mol. The smallest absolute Gasteiger partial charge is 0.129 e. The Morgan fingerprint density at radius 3 is 2.43 bits per heavy atom. The Morgan fingerprint density at radius 2 is 1.93 bits per heavy atom. The van der Waals surface area contributed by atoms with Crippen LogP contribution in [0.15, 0.2) is 5.16 Å². The first kappa shape index (κ1) is 13.4. The highest BCUT2D eigenvalue weighted by Crippen LogP contribution is 2.06. The fraction of sp³-hybridized carbons (Fsp3) is 0.909. The summed E-state index contributed by atoms with van der Waals surface area (Å²) in [6.07, 6.45) is 2.27. The Kier molecular flexibility index (Phi) is 6.54. The summed E-state index contributed by atoms with van der Waals surface area (Å²) >= 11 is 0. The Hall–Kier alpha value is -0.570. The van der Waals surface area contributed by atoms with E-state index in [9.17, 15) is 0 Å². The minimum absolute atomic E-state index is 0.218. The van der Waals surface area contributed by atoms with Crippen molar-refractivity contribution in [3.63, 3.8) is 0 Å². The van der Waals surface area contributed by atoms with Crippen molar-refractivity contribution >= 4 is 5.71 Å². The first-order valence-electron chi connectivity index (χ1n) is 5.25.